The summed E-state index contributed by atoms with van der Waals surface area (Å²) in [6.45, 7) is 3.21. The summed E-state index contributed by atoms with van der Waals surface area (Å²) in [5.41, 5.74) is 1.13. The monoisotopic (exact) mass is 262 g/mol. The fraction of sp³-hybridized carbons (Fsp3) is 0.600. The van der Waals surface area contributed by atoms with E-state index >= 15 is 0 Å². The van der Waals surface area contributed by atoms with E-state index in [-0.39, 0.29) is 0 Å². The highest BCUT2D eigenvalue weighted by molar-refractivity contribution is 5.66. The van der Waals surface area contributed by atoms with Crippen LogP contribution in [0.3, 0.4) is 0 Å². The maximum Gasteiger partial charge on any atom is 0.303 e. The van der Waals surface area contributed by atoms with Gasteiger partial charge in [-0.2, -0.15) is 0 Å². The lowest BCUT2D eigenvalue weighted by atomic mass is 9.93. The highest BCUT2D eigenvalue weighted by Crippen LogP contribution is 2.21. The zero-order chi connectivity index (χ0) is 13.5. The van der Waals surface area contributed by atoms with Crippen molar-refractivity contribution < 1.29 is 9.90 Å². The number of nitrogens with zero attached hydrogens (tertiary/aromatic N) is 2. The van der Waals surface area contributed by atoms with Crippen molar-refractivity contribution in [3.8, 4) is 0 Å². The Morgan fingerprint density at radius 1 is 1.47 bits per heavy atom. The molecule has 0 bridgehead atoms. The zero-order valence-electron chi connectivity index (χ0n) is 11.3. The first-order valence-electron chi connectivity index (χ1n) is 7.08. The number of hydrogen-bond acceptors (Lipinski definition) is 3. The van der Waals surface area contributed by atoms with Crippen molar-refractivity contribution in [2.24, 2.45) is 5.92 Å². The minimum absolute atomic E-state index is 0.304. The van der Waals surface area contributed by atoms with Crippen LogP contribution in [0.5, 0.6) is 0 Å². The van der Waals surface area contributed by atoms with E-state index in [2.05, 4.69) is 16.0 Å². The van der Waals surface area contributed by atoms with Crippen LogP contribution in [-0.4, -0.2) is 40.6 Å². The molecule has 2 heterocycles. The molecule has 2 rings (SSSR count). The second kappa shape index (κ2) is 7.24. The summed E-state index contributed by atoms with van der Waals surface area (Å²) < 4.78 is 0. The van der Waals surface area contributed by atoms with Gasteiger partial charge < -0.3 is 10.0 Å². The number of carboxylic acids is 1. The van der Waals surface area contributed by atoms with Crippen LogP contribution in [-0.2, 0) is 11.2 Å². The number of piperidine rings is 1. The van der Waals surface area contributed by atoms with Gasteiger partial charge in [-0.15, -0.1) is 0 Å². The molecule has 4 nitrogen and oxygen atoms in total. The molecule has 1 atom stereocenters. The molecule has 19 heavy (non-hydrogen) atoms. The number of aliphatic carboxylic acids is 1. The van der Waals surface area contributed by atoms with Crippen LogP contribution in [0.4, 0.5) is 0 Å². The number of pyridine rings is 1. The van der Waals surface area contributed by atoms with Crippen molar-refractivity contribution in [3.05, 3.63) is 30.1 Å². The molecule has 1 N–H and O–H groups in total. The topological polar surface area (TPSA) is 53.4 Å². The summed E-state index contributed by atoms with van der Waals surface area (Å²) in [6.07, 6.45) is 6.29. The molecule has 0 aliphatic carbocycles. The molecule has 0 aromatic carbocycles. The molecule has 0 spiro atoms. The fourth-order valence-electron chi connectivity index (χ4n) is 2.74. The van der Waals surface area contributed by atoms with Gasteiger partial charge in [0, 0.05) is 37.8 Å². The van der Waals surface area contributed by atoms with E-state index in [4.69, 9.17) is 5.11 Å². The number of carbonyl (C=O) groups is 1. The van der Waals surface area contributed by atoms with E-state index in [0.717, 1.165) is 38.2 Å². The summed E-state index contributed by atoms with van der Waals surface area (Å²) in [6, 6.07) is 6.02. The van der Waals surface area contributed by atoms with Gasteiger partial charge in [0.2, 0.25) is 0 Å². The van der Waals surface area contributed by atoms with Gasteiger partial charge in [-0.3, -0.25) is 9.78 Å². The van der Waals surface area contributed by atoms with Gasteiger partial charge in [-0.05, 0) is 43.9 Å². The molecule has 1 aromatic rings. The number of likely N-dealkylation sites (tertiary alicyclic amines) is 1. The van der Waals surface area contributed by atoms with Crippen LogP contribution in [0.2, 0.25) is 0 Å². The van der Waals surface area contributed by atoms with Gasteiger partial charge in [0.25, 0.3) is 0 Å². The molecule has 1 aromatic heterocycles. The lowest BCUT2D eigenvalue weighted by Crippen LogP contribution is -2.37. The molecule has 104 valence electrons. The van der Waals surface area contributed by atoms with Crippen molar-refractivity contribution in [3.63, 3.8) is 0 Å². The Kier molecular flexibility index (Phi) is 5.33. The highest BCUT2D eigenvalue weighted by Gasteiger charge is 2.20. The normalized spacial score (nSPS) is 20.3. The van der Waals surface area contributed by atoms with Crippen molar-refractivity contribution >= 4 is 5.97 Å². The van der Waals surface area contributed by atoms with E-state index < -0.39 is 5.97 Å². The molecule has 1 unspecified atom stereocenters. The number of aromatic nitrogens is 1. The lowest BCUT2D eigenvalue weighted by molar-refractivity contribution is -0.137. The maximum absolute atomic E-state index is 10.6. The van der Waals surface area contributed by atoms with Gasteiger partial charge in [0.15, 0.2) is 0 Å². The van der Waals surface area contributed by atoms with E-state index in [9.17, 15) is 4.79 Å². The Morgan fingerprint density at radius 2 is 2.37 bits per heavy atom. The standard InChI is InChI=1S/C15H22N2O2/c18-15(19)7-6-13-4-3-10-17(12-13)11-8-14-5-1-2-9-16-14/h1-2,5,9,13H,3-4,6-8,10-12H2,(H,18,19). The molecule has 0 radical (unpaired) electrons. The lowest BCUT2D eigenvalue weighted by Gasteiger charge is -2.32. The van der Waals surface area contributed by atoms with Gasteiger partial charge >= 0.3 is 5.97 Å². The van der Waals surface area contributed by atoms with Crippen LogP contribution >= 0.6 is 0 Å². The predicted molar refractivity (Wildman–Crippen MR) is 74.0 cm³/mol. The first-order chi connectivity index (χ1) is 9.24. The second-order valence-electron chi connectivity index (χ2n) is 5.31. The number of hydrogen-bond donors (Lipinski definition) is 1. The van der Waals surface area contributed by atoms with Gasteiger partial charge in [0.1, 0.15) is 0 Å². The van der Waals surface area contributed by atoms with Crippen molar-refractivity contribution in [1.29, 1.82) is 0 Å². The van der Waals surface area contributed by atoms with Crippen LogP contribution in [0.1, 0.15) is 31.4 Å². The molecule has 1 fully saturated rings. The first kappa shape index (κ1) is 14.0. The van der Waals surface area contributed by atoms with Crippen LogP contribution in [0, 0.1) is 5.92 Å². The Labute approximate surface area is 114 Å². The summed E-state index contributed by atoms with van der Waals surface area (Å²) in [7, 11) is 0. The van der Waals surface area contributed by atoms with Crippen LogP contribution in [0.25, 0.3) is 0 Å². The predicted octanol–water partition coefficient (Wildman–Crippen LogP) is 2.20. The Hall–Kier alpha value is -1.42. The molecule has 0 amide bonds. The number of carboxylic acid groups (broad SMARTS) is 1. The smallest absolute Gasteiger partial charge is 0.303 e. The van der Waals surface area contributed by atoms with Crippen molar-refractivity contribution in [2.75, 3.05) is 19.6 Å². The molecule has 0 saturated carbocycles. The average molecular weight is 262 g/mol. The zero-order valence-corrected chi connectivity index (χ0v) is 11.3. The minimum atomic E-state index is -0.675. The summed E-state index contributed by atoms with van der Waals surface area (Å²) in [4.78, 5) is 17.4. The van der Waals surface area contributed by atoms with E-state index in [1.807, 2.05) is 18.3 Å². The summed E-state index contributed by atoms with van der Waals surface area (Å²) in [5, 5.41) is 8.74. The third-order valence-electron chi connectivity index (χ3n) is 3.78. The second-order valence-corrected chi connectivity index (χ2v) is 5.31. The van der Waals surface area contributed by atoms with E-state index in [0.29, 0.717) is 12.3 Å². The van der Waals surface area contributed by atoms with E-state index in [1.54, 1.807) is 0 Å². The van der Waals surface area contributed by atoms with Crippen molar-refractivity contribution in [1.82, 2.24) is 9.88 Å². The minimum Gasteiger partial charge on any atom is -0.481 e. The highest BCUT2D eigenvalue weighted by atomic mass is 16.4. The SMILES string of the molecule is O=C(O)CCC1CCCN(CCc2ccccn2)C1. The average Bonchev–Trinajstić information content (AvgIpc) is 2.44. The molecule has 4 heteroatoms. The van der Waals surface area contributed by atoms with Crippen molar-refractivity contribution in [2.45, 2.75) is 32.1 Å². The Morgan fingerprint density at radius 3 is 3.11 bits per heavy atom. The summed E-state index contributed by atoms with van der Waals surface area (Å²) in [5.74, 6) is -0.126. The third kappa shape index (κ3) is 4.99. The quantitative estimate of drug-likeness (QED) is 0.854. The fourth-order valence-corrected chi connectivity index (χ4v) is 2.74. The Balaban J connectivity index is 1.73. The van der Waals surface area contributed by atoms with Gasteiger partial charge in [-0.1, -0.05) is 6.07 Å². The summed E-state index contributed by atoms with van der Waals surface area (Å²) >= 11 is 0. The van der Waals surface area contributed by atoms with Crippen LogP contribution < -0.4 is 0 Å². The molecule has 1 saturated heterocycles. The first-order valence-corrected chi connectivity index (χ1v) is 7.08. The molecular formula is C15H22N2O2. The maximum atomic E-state index is 10.6. The molecular weight excluding hydrogens is 240 g/mol. The van der Waals surface area contributed by atoms with Gasteiger partial charge in [0.05, 0.1) is 0 Å². The largest absolute Gasteiger partial charge is 0.481 e. The van der Waals surface area contributed by atoms with Gasteiger partial charge in [-0.25, -0.2) is 0 Å². The van der Waals surface area contributed by atoms with E-state index in [1.165, 1.54) is 12.8 Å². The van der Waals surface area contributed by atoms with Crippen LogP contribution in [0.15, 0.2) is 24.4 Å². The number of rotatable bonds is 6. The third-order valence-corrected chi connectivity index (χ3v) is 3.78. The molecule has 1 aliphatic rings. The molecule has 1 aliphatic heterocycles. The Bertz CT molecular complexity index is 394.